The minimum Gasteiger partial charge on any atom is -0.493 e. The molecule has 16 heavy (non-hydrogen) atoms. The number of anilines is 1. The number of carbonyl (C=O) groups is 1. The van der Waals surface area contributed by atoms with Gasteiger partial charge >= 0.3 is 0 Å². The summed E-state index contributed by atoms with van der Waals surface area (Å²) in [6.07, 6.45) is 1.91. The van der Waals surface area contributed by atoms with Crippen molar-refractivity contribution in [3.8, 4) is 5.75 Å². The van der Waals surface area contributed by atoms with Crippen LogP contribution in [0.15, 0.2) is 12.1 Å². The molecule has 0 atom stereocenters. The lowest BCUT2D eigenvalue weighted by Gasteiger charge is -2.11. The number of ether oxygens (including phenoxy) is 1. The molecule has 0 aliphatic rings. The van der Waals surface area contributed by atoms with E-state index in [1.807, 2.05) is 0 Å². The molecule has 0 saturated heterocycles. The standard InChI is InChI=1S/C11H15ClN2O2/c1-2-3-4-16-10-6-9(13)8(12)5-7(10)11(14)15/h5-6H,2-4,13H2,1H3,(H2,14,15). The Labute approximate surface area is 99.5 Å². The fourth-order valence-electron chi connectivity index (χ4n) is 1.21. The van der Waals surface area contributed by atoms with Crippen molar-refractivity contribution in [2.45, 2.75) is 19.8 Å². The van der Waals surface area contributed by atoms with E-state index in [1.54, 1.807) is 0 Å². The first-order chi connectivity index (χ1) is 7.56. The van der Waals surface area contributed by atoms with E-state index in [0.717, 1.165) is 12.8 Å². The molecule has 5 heteroatoms. The Morgan fingerprint density at radius 2 is 2.19 bits per heavy atom. The van der Waals surface area contributed by atoms with Crippen molar-refractivity contribution in [1.82, 2.24) is 0 Å². The topological polar surface area (TPSA) is 78.3 Å². The zero-order valence-corrected chi connectivity index (χ0v) is 9.88. The van der Waals surface area contributed by atoms with E-state index in [0.29, 0.717) is 23.1 Å². The molecule has 0 bridgehead atoms. The molecule has 0 saturated carbocycles. The second-order valence-electron chi connectivity index (χ2n) is 3.44. The fraction of sp³-hybridized carbons (Fsp3) is 0.364. The Balaban J connectivity index is 2.95. The lowest BCUT2D eigenvalue weighted by atomic mass is 10.1. The Hall–Kier alpha value is -1.42. The summed E-state index contributed by atoms with van der Waals surface area (Å²) in [4.78, 5) is 11.2. The molecule has 0 heterocycles. The average molecular weight is 243 g/mol. The highest BCUT2D eigenvalue weighted by Crippen LogP contribution is 2.28. The summed E-state index contributed by atoms with van der Waals surface area (Å²) >= 11 is 5.80. The van der Waals surface area contributed by atoms with Crippen LogP contribution >= 0.6 is 11.6 Å². The quantitative estimate of drug-likeness (QED) is 0.614. The van der Waals surface area contributed by atoms with Gasteiger partial charge in [0.25, 0.3) is 5.91 Å². The molecular formula is C11H15ClN2O2. The van der Waals surface area contributed by atoms with Crippen molar-refractivity contribution in [1.29, 1.82) is 0 Å². The van der Waals surface area contributed by atoms with Crippen LogP contribution in [0.5, 0.6) is 5.75 Å². The minimum atomic E-state index is -0.576. The van der Waals surface area contributed by atoms with E-state index in [9.17, 15) is 4.79 Å². The fourth-order valence-corrected chi connectivity index (χ4v) is 1.37. The monoisotopic (exact) mass is 242 g/mol. The summed E-state index contributed by atoms with van der Waals surface area (Å²) in [6, 6.07) is 2.96. The van der Waals surface area contributed by atoms with Crippen LogP contribution in [0.25, 0.3) is 0 Å². The van der Waals surface area contributed by atoms with Crippen molar-refractivity contribution in [2.75, 3.05) is 12.3 Å². The molecular weight excluding hydrogens is 228 g/mol. The highest BCUT2D eigenvalue weighted by molar-refractivity contribution is 6.33. The van der Waals surface area contributed by atoms with Crippen molar-refractivity contribution in [3.63, 3.8) is 0 Å². The lowest BCUT2D eigenvalue weighted by Crippen LogP contribution is -2.14. The number of halogens is 1. The molecule has 1 rings (SSSR count). The van der Waals surface area contributed by atoms with E-state index in [-0.39, 0.29) is 5.56 Å². The van der Waals surface area contributed by atoms with Crippen LogP contribution in [-0.2, 0) is 0 Å². The molecule has 0 fully saturated rings. The summed E-state index contributed by atoms with van der Waals surface area (Å²) in [5, 5.41) is 0.302. The van der Waals surface area contributed by atoms with Gasteiger partial charge in [-0.2, -0.15) is 0 Å². The number of primary amides is 1. The van der Waals surface area contributed by atoms with Gasteiger partial charge in [0, 0.05) is 6.07 Å². The summed E-state index contributed by atoms with van der Waals surface area (Å²) in [5.74, 6) is -0.184. The molecule has 0 spiro atoms. The van der Waals surface area contributed by atoms with Crippen LogP contribution in [0.3, 0.4) is 0 Å². The number of hydrogen-bond acceptors (Lipinski definition) is 3. The highest BCUT2D eigenvalue weighted by atomic mass is 35.5. The molecule has 0 unspecified atom stereocenters. The first kappa shape index (κ1) is 12.6. The normalized spacial score (nSPS) is 10.1. The number of hydrogen-bond donors (Lipinski definition) is 2. The van der Waals surface area contributed by atoms with Crippen molar-refractivity contribution >= 4 is 23.2 Å². The second kappa shape index (κ2) is 5.61. The molecule has 1 amide bonds. The first-order valence-corrected chi connectivity index (χ1v) is 5.45. The van der Waals surface area contributed by atoms with Crippen LogP contribution in [0.2, 0.25) is 5.02 Å². The Kier molecular flexibility index (Phi) is 4.43. The predicted octanol–water partition coefficient (Wildman–Crippen LogP) is 2.20. The Morgan fingerprint density at radius 1 is 1.50 bits per heavy atom. The van der Waals surface area contributed by atoms with Gasteiger partial charge in [0.1, 0.15) is 5.75 Å². The lowest BCUT2D eigenvalue weighted by molar-refractivity contribution is 0.0996. The molecule has 4 N–H and O–H groups in total. The van der Waals surface area contributed by atoms with Gasteiger partial charge < -0.3 is 16.2 Å². The summed E-state index contributed by atoms with van der Waals surface area (Å²) < 4.78 is 5.44. The number of benzene rings is 1. The summed E-state index contributed by atoms with van der Waals surface area (Å²) in [6.45, 7) is 2.58. The maximum atomic E-state index is 11.2. The third kappa shape index (κ3) is 3.03. The highest BCUT2D eigenvalue weighted by Gasteiger charge is 2.12. The molecule has 0 aromatic heterocycles. The van der Waals surface area contributed by atoms with Crippen molar-refractivity contribution in [3.05, 3.63) is 22.7 Å². The number of nitrogen functional groups attached to an aromatic ring is 1. The van der Waals surface area contributed by atoms with Gasteiger partial charge in [-0.1, -0.05) is 24.9 Å². The van der Waals surface area contributed by atoms with Crippen LogP contribution in [0.1, 0.15) is 30.1 Å². The number of unbranched alkanes of at least 4 members (excludes halogenated alkanes) is 1. The molecule has 4 nitrogen and oxygen atoms in total. The Bertz CT molecular complexity index is 394. The second-order valence-corrected chi connectivity index (χ2v) is 3.84. The van der Waals surface area contributed by atoms with E-state index in [4.69, 9.17) is 27.8 Å². The number of rotatable bonds is 5. The maximum Gasteiger partial charge on any atom is 0.252 e. The SMILES string of the molecule is CCCCOc1cc(N)c(Cl)cc1C(N)=O. The molecule has 1 aromatic rings. The van der Waals surface area contributed by atoms with Crippen LogP contribution in [0, 0.1) is 0 Å². The minimum absolute atomic E-state index is 0.260. The van der Waals surface area contributed by atoms with Gasteiger partial charge in [0.2, 0.25) is 0 Å². The summed E-state index contributed by atoms with van der Waals surface area (Å²) in [7, 11) is 0. The van der Waals surface area contributed by atoms with Crippen molar-refractivity contribution in [2.24, 2.45) is 5.73 Å². The van der Waals surface area contributed by atoms with Gasteiger partial charge in [-0.25, -0.2) is 0 Å². The molecule has 1 aromatic carbocycles. The zero-order chi connectivity index (χ0) is 12.1. The van der Waals surface area contributed by atoms with Crippen LogP contribution in [-0.4, -0.2) is 12.5 Å². The largest absolute Gasteiger partial charge is 0.493 e. The zero-order valence-electron chi connectivity index (χ0n) is 9.13. The summed E-state index contributed by atoms with van der Waals surface area (Å²) in [5.41, 5.74) is 11.5. The number of amides is 1. The number of nitrogens with two attached hydrogens (primary N) is 2. The number of carbonyl (C=O) groups excluding carboxylic acids is 1. The van der Waals surface area contributed by atoms with Crippen LogP contribution in [0.4, 0.5) is 5.69 Å². The van der Waals surface area contributed by atoms with Gasteiger partial charge in [-0.15, -0.1) is 0 Å². The van der Waals surface area contributed by atoms with E-state index >= 15 is 0 Å². The predicted molar refractivity (Wildman–Crippen MR) is 64.8 cm³/mol. The van der Waals surface area contributed by atoms with Gasteiger partial charge in [0.15, 0.2) is 0 Å². The van der Waals surface area contributed by atoms with Gasteiger partial charge in [-0.05, 0) is 12.5 Å². The van der Waals surface area contributed by atoms with Gasteiger partial charge in [-0.3, -0.25) is 4.79 Å². The van der Waals surface area contributed by atoms with E-state index in [1.165, 1.54) is 12.1 Å². The third-order valence-corrected chi connectivity index (χ3v) is 2.45. The smallest absolute Gasteiger partial charge is 0.252 e. The van der Waals surface area contributed by atoms with Crippen molar-refractivity contribution < 1.29 is 9.53 Å². The van der Waals surface area contributed by atoms with Crippen LogP contribution < -0.4 is 16.2 Å². The Morgan fingerprint density at radius 3 is 2.75 bits per heavy atom. The van der Waals surface area contributed by atoms with E-state index in [2.05, 4.69) is 6.92 Å². The molecule has 88 valence electrons. The van der Waals surface area contributed by atoms with Gasteiger partial charge in [0.05, 0.1) is 22.9 Å². The average Bonchev–Trinajstić information content (AvgIpc) is 2.23. The molecule has 0 aliphatic heterocycles. The first-order valence-electron chi connectivity index (χ1n) is 5.08. The third-order valence-electron chi connectivity index (χ3n) is 2.12. The molecule has 0 aliphatic carbocycles. The van der Waals surface area contributed by atoms with E-state index < -0.39 is 5.91 Å². The molecule has 0 radical (unpaired) electrons. The maximum absolute atomic E-state index is 11.2.